The lowest BCUT2D eigenvalue weighted by Gasteiger charge is -2.36. The highest BCUT2D eigenvalue weighted by molar-refractivity contribution is 6.07. The number of imide groups is 1. The summed E-state index contributed by atoms with van der Waals surface area (Å²) in [4.78, 5) is 34.9. The van der Waals surface area contributed by atoms with Gasteiger partial charge >= 0.3 is 12.1 Å². The summed E-state index contributed by atoms with van der Waals surface area (Å²) in [6.07, 6.45) is 1.19. The molecule has 1 spiro atoms. The Labute approximate surface area is 86.0 Å². The first-order valence-corrected chi connectivity index (χ1v) is 4.71. The van der Waals surface area contributed by atoms with Crippen LogP contribution in [0.4, 0.5) is 9.59 Å². The summed E-state index contributed by atoms with van der Waals surface area (Å²) < 4.78 is 0. The molecular formula is C8H12N4O3. The van der Waals surface area contributed by atoms with Crippen LogP contribution in [0.3, 0.4) is 0 Å². The molecule has 15 heavy (non-hydrogen) atoms. The second-order valence-electron chi connectivity index (χ2n) is 3.85. The summed E-state index contributed by atoms with van der Waals surface area (Å²) in [5.41, 5.74) is 4.17. The summed E-state index contributed by atoms with van der Waals surface area (Å²) in [5.74, 6) is -0.376. The van der Waals surface area contributed by atoms with E-state index in [1.54, 1.807) is 0 Å². The van der Waals surface area contributed by atoms with Gasteiger partial charge in [0.1, 0.15) is 5.54 Å². The molecule has 7 nitrogen and oxygen atoms in total. The number of piperidine rings is 1. The minimum Gasteiger partial charge on any atom is -0.351 e. The van der Waals surface area contributed by atoms with Crippen LogP contribution in [0.1, 0.15) is 12.8 Å². The van der Waals surface area contributed by atoms with Crippen molar-refractivity contribution in [3.63, 3.8) is 0 Å². The lowest BCUT2D eigenvalue weighted by Crippen LogP contribution is -2.60. The van der Waals surface area contributed by atoms with Crippen molar-refractivity contribution in [2.75, 3.05) is 13.1 Å². The highest BCUT2D eigenvalue weighted by atomic mass is 16.2. The standard InChI is InChI=1S/C8H12N4O3/c9-6(14)12-3-1-2-8(4-12)5(13)10-7(15)11-8/h1-4H2,(H2,9,14)(H2,10,11,13,15). The number of hydrogen-bond acceptors (Lipinski definition) is 3. The Kier molecular flexibility index (Phi) is 2.02. The van der Waals surface area contributed by atoms with Crippen LogP contribution in [0.5, 0.6) is 0 Å². The summed E-state index contributed by atoms with van der Waals surface area (Å²) in [7, 11) is 0. The number of nitrogens with two attached hydrogens (primary N) is 1. The number of hydrogen-bond donors (Lipinski definition) is 3. The van der Waals surface area contributed by atoms with Crippen molar-refractivity contribution >= 4 is 18.0 Å². The Morgan fingerprint density at radius 3 is 2.73 bits per heavy atom. The first-order valence-electron chi connectivity index (χ1n) is 4.71. The minimum atomic E-state index is -0.968. The zero-order valence-electron chi connectivity index (χ0n) is 8.08. The summed E-state index contributed by atoms with van der Waals surface area (Å²) in [5, 5.41) is 4.72. The van der Waals surface area contributed by atoms with Crippen LogP contribution in [-0.2, 0) is 4.79 Å². The maximum absolute atomic E-state index is 11.6. The smallest absolute Gasteiger partial charge is 0.322 e. The van der Waals surface area contributed by atoms with Gasteiger partial charge in [-0.3, -0.25) is 10.1 Å². The number of likely N-dealkylation sites (tertiary alicyclic amines) is 1. The van der Waals surface area contributed by atoms with Crippen molar-refractivity contribution < 1.29 is 14.4 Å². The number of amides is 5. The van der Waals surface area contributed by atoms with E-state index in [1.807, 2.05) is 0 Å². The minimum absolute atomic E-state index is 0.153. The normalized spacial score (nSPS) is 30.3. The van der Waals surface area contributed by atoms with Gasteiger partial charge in [0.2, 0.25) is 0 Å². The van der Waals surface area contributed by atoms with Crippen molar-refractivity contribution in [1.29, 1.82) is 0 Å². The number of nitrogens with zero attached hydrogens (tertiary/aromatic N) is 1. The number of primary amides is 1. The Bertz CT molecular complexity index is 343. The first kappa shape index (κ1) is 9.75. The Morgan fingerprint density at radius 1 is 1.47 bits per heavy atom. The van der Waals surface area contributed by atoms with E-state index in [1.165, 1.54) is 4.90 Å². The fourth-order valence-corrected chi connectivity index (χ4v) is 2.06. The van der Waals surface area contributed by atoms with Gasteiger partial charge in [0.15, 0.2) is 0 Å². The largest absolute Gasteiger partial charge is 0.351 e. The highest BCUT2D eigenvalue weighted by Gasteiger charge is 2.49. The van der Waals surface area contributed by atoms with E-state index < -0.39 is 17.6 Å². The molecule has 5 amide bonds. The molecule has 0 aromatic heterocycles. The molecule has 4 N–H and O–H groups in total. The third-order valence-corrected chi connectivity index (χ3v) is 2.82. The summed E-state index contributed by atoms with van der Waals surface area (Å²) in [6.45, 7) is 0.681. The quantitative estimate of drug-likeness (QED) is 0.436. The molecule has 2 rings (SSSR count). The van der Waals surface area contributed by atoms with E-state index in [0.717, 1.165) is 0 Å². The molecule has 2 fully saturated rings. The van der Waals surface area contributed by atoms with E-state index in [4.69, 9.17) is 5.73 Å². The van der Waals surface area contributed by atoms with Gasteiger partial charge in [-0.1, -0.05) is 0 Å². The van der Waals surface area contributed by atoms with Crippen molar-refractivity contribution in [2.45, 2.75) is 18.4 Å². The molecule has 2 aliphatic rings. The fourth-order valence-electron chi connectivity index (χ4n) is 2.06. The summed E-state index contributed by atoms with van der Waals surface area (Å²) in [6, 6.07) is -1.07. The van der Waals surface area contributed by atoms with E-state index >= 15 is 0 Å². The van der Waals surface area contributed by atoms with E-state index in [0.29, 0.717) is 19.4 Å². The van der Waals surface area contributed by atoms with E-state index in [2.05, 4.69) is 10.6 Å². The molecule has 0 saturated carbocycles. The molecule has 2 heterocycles. The van der Waals surface area contributed by atoms with Crippen molar-refractivity contribution in [3.05, 3.63) is 0 Å². The Balaban J connectivity index is 2.18. The molecule has 0 aliphatic carbocycles. The number of nitrogens with one attached hydrogen (secondary N) is 2. The SMILES string of the molecule is NC(=O)N1CCCC2(C1)NC(=O)NC2=O. The van der Waals surface area contributed by atoms with Gasteiger partial charge in [0.25, 0.3) is 5.91 Å². The average molecular weight is 212 g/mol. The third kappa shape index (κ3) is 1.49. The van der Waals surface area contributed by atoms with Gasteiger partial charge in [0.05, 0.1) is 6.54 Å². The fraction of sp³-hybridized carbons (Fsp3) is 0.625. The molecule has 2 saturated heterocycles. The third-order valence-electron chi connectivity index (χ3n) is 2.82. The van der Waals surface area contributed by atoms with Gasteiger partial charge in [-0.05, 0) is 12.8 Å². The number of urea groups is 2. The molecule has 2 aliphatic heterocycles. The predicted molar refractivity (Wildman–Crippen MR) is 49.8 cm³/mol. The maximum atomic E-state index is 11.6. The monoisotopic (exact) mass is 212 g/mol. The van der Waals surface area contributed by atoms with Gasteiger partial charge in [-0.15, -0.1) is 0 Å². The Hall–Kier alpha value is -1.79. The van der Waals surface area contributed by atoms with Gasteiger partial charge in [0, 0.05) is 6.54 Å². The van der Waals surface area contributed by atoms with Gasteiger partial charge in [-0.2, -0.15) is 0 Å². The average Bonchev–Trinajstić information content (AvgIpc) is 2.41. The lowest BCUT2D eigenvalue weighted by molar-refractivity contribution is -0.125. The van der Waals surface area contributed by atoms with Crippen molar-refractivity contribution in [1.82, 2.24) is 15.5 Å². The topological polar surface area (TPSA) is 105 Å². The second-order valence-corrected chi connectivity index (χ2v) is 3.85. The molecule has 1 unspecified atom stereocenters. The van der Waals surface area contributed by atoms with Crippen LogP contribution in [0, 0.1) is 0 Å². The maximum Gasteiger partial charge on any atom is 0.322 e. The Morgan fingerprint density at radius 2 is 2.20 bits per heavy atom. The number of carbonyl (C=O) groups excluding carboxylic acids is 3. The van der Waals surface area contributed by atoms with Crippen molar-refractivity contribution in [3.8, 4) is 0 Å². The molecule has 0 aromatic carbocycles. The molecule has 0 radical (unpaired) electrons. The van der Waals surface area contributed by atoms with Gasteiger partial charge < -0.3 is 16.0 Å². The molecule has 1 atom stereocenters. The van der Waals surface area contributed by atoms with Crippen molar-refractivity contribution in [2.24, 2.45) is 5.73 Å². The zero-order chi connectivity index (χ0) is 11.1. The van der Waals surface area contributed by atoms with Gasteiger partial charge in [-0.25, -0.2) is 9.59 Å². The molecule has 82 valence electrons. The number of rotatable bonds is 0. The molecule has 0 aromatic rings. The first-order chi connectivity index (χ1) is 7.03. The van der Waals surface area contributed by atoms with Crippen LogP contribution in [-0.4, -0.2) is 41.5 Å². The lowest BCUT2D eigenvalue weighted by atomic mass is 9.89. The van der Waals surface area contributed by atoms with Crippen LogP contribution in [0.15, 0.2) is 0 Å². The molecule has 7 heteroatoms. The molecule has 0 bridgehead atoms. The summed E-state index contributed by atoms with van der Waals surface area (Å²) >= 11 is 0. The van der Waals surface area contributed by atoms with Crippen LogP contribution >= 0.6 is 0 Å². The molecular weight excluding hydrogens is 200 g/mol. The van der Waals surface area contributed by atoms with E-state index in [9.17, 15) is 14.4 Å². The zero-order valence-corrected chi connectivity index (χ0v) is 8.08. The van der Waals surface area contributed by atoms with Crippen LogP contribution in [0.25, 0.3) is 0 Å². The predicted octanol–water partition coefficient (Wildman–Crippen LogP) is -1.26. The highest BCUT2D eigenvalue weighted by Crippen LogP contribution is 2.23. The van der Waals surface area contributed by atoms with Crippen LogP contribution in [0.2, 0.25) is 0 Å². The second kappa shape index (κ2) is 3.11. The van der Waals surface area contributed by atoms with E-state index in [-0.39, 0.29) is 12.5 Å². The number of carbonyl (C=O) groups is 3. The van der Waals surface area contributed by atoms with Crippen LogP contribution < -0.4 is 16.4 Å².